The molecule has 0 bridgehead atoms. The van der Waals surface area contributed by atoms with Crippen LogP contribution in [-0.2, 0) is 11.3 Å². The maximum atomic E-state index is 12.6. The highest BCUT2D eigenvalue weighted by atomic mass is 16.3. The maximum Gasteiger partial charge on any atom is 0.293 e. The number of amides is 1. The van der Waals surface area contributed by atoms with Gasteiger partial charge in [-0.2, -0.15) is 10.2 Å². The monoisotopic (exact) mass is 370 g/mol. The van der Waals surface area contributed by atoms with Gasteiger partial charge in [0, 0.05) is 18.7 Å². The number of hydrogen-bond donors (Lipinski definition) is 1. The first kappa shape index (κ1) is 17.5. The number of likely N-dealkylation sites (tertiary alicyclic amines) is 1. The molecule has 0 saturated carbocycles. The average Bonchev–Trinajstić information content (AvgIpc) is 3.41. The molecule has 4 rings (SSSR count). The quantitative estimate of drug-likeness (QED) is 0.688. The Labute approximate surface area is 155 Å². The smallest absolute Gasteiger partial charge is 0.293 e. The minimum Gasteiger partial charge on any atom is -0.463 e. The van der Waals surface area contributed by atoms with Crippen LogP contribution in [0.1, 0.15) is 19.8 Å². The van der Waals surface area contributed by atoms with E-state index in [1.54, 1.807) is 24.5 Å². The summed E-state index contributed by atoms with van der Waals surface area (Å²) in [5.41, 5.74) is 0.521. The van der Waals surface area contributed by atoms with Crippen molar-refractivity contribution in [2.75, 3.05) is 19.6 Å². The summed E-state index contributed by atoms with van der Waals surface area (Å²) < 4.78 is 7.86. The van der Waals surface area contributed by atoms with Crippen molar-refractivity contribution in [3.05, 3.63) is 41.1 Å². The minimum atomic E-state index is -0.367. The van der Waals surface area contributed by atoms with Crippen molar-refractivity contribution in [3.8, 4) is 11.5 Å². The summed E-state index contributed by atoms with van der Waals surface area (Å²) in [7, 11) is 0. The first-order chi connectivity index (χ1) is 13.2. The second-order valence-corrected chi connectivity index (χ2v) is 6.66. The molecule has 0 aromatic carbocycles. The predicted octanol–water partition coefficient (Wildman–Crippen LogP) is 0.752. The van der Waals surface area contributed by atoms with Gasteiger partial charge in [0.05, 0.1) is 6.26 Å². The van der Waals surface area contributed by atoms with Crippen LogP contribution in [0.15, 0.2) is 40.0 Å². The summed E-state index contributed by atoms with van der Waals surface area (Å²) in [5.74, 6) is 0.349. The second kappa shape index (κ2) is 7.36. The van der Waals surface area contributed by atoms with Crippen LogP contribution in [0.3, 0.4) is 0 Å². The Morgan fingerprint density at radius 3 is 3.11 bits per heavy atom. The molecular weight excluding hydrogens is 348 g/mol. The third-order valence-electron chi connectivity index (χ3n) is 5.00. The largest absolute Gasteiger partial charge is 0.463 e. The zero-order chi connectivity index (χ0) is 18.8. The van der Waals surface area contributed by atoms with E-state index in [0.29, 0.717) is 29.6 Å². The van der Waals surface area contributed by atoms with Gasteiger partial charge in [-0.05, 0) is 38.1 Å². The van der Waals surface area contributed by atoms with E-state index in [4.69, 9.17) is 4.42 Å². The van der Waals surface area contributed by atoms with Crippen molar-refractivity contribution in [3.63, 3.8) is 0 Å². The molecule has 0 aliphatic carbocycles. The first-order valence-electron chi connectivity index (χ1n) is 9.16. The lowest BCUT2D eigenvalue weighted by Gasteiger charge is -2.22. The molecule has 0 radical (unpaired) electrons. The Kier molecular flexibility index (Phi) is 4.76. The summed E-state index contributed by atoms with van der Waals surface area (Å²) >= 11 is 0. The van der Waals surface area contributed by atoms with Crippen molar-refractivity contribution >= 4 is 11.4 Å². The molecule has 142 valence electrons. The second-order valence-electron chi connectivity index (χ2n) is 6.66. The van der Waals surface area contributed by atoms with Crippen LogP contribution in [0.25, 0.3) is 17.0 Å². The molecule has 1 aliphatic heterocycles. The van der Waals surface area contributed by atoms with Gasteiger partial charge in [0.1, 0.15) is 24.1 Å². The molecule has 27 heavy (non-hydrogen) atoms. The van der Waals surface area contributed by atoms with Gasteiger partial charge in [-0.15, -0.1) is 0 Å². The third-order valence-corrected chi connectivity index (χ3v) is 5.00. The number of fused-ring (bicyclic) bond motifs is 1. The number of hydrogen-bond acceptors (Lipinski definition) is 6. The molecule has 1 saturated heterocycles. The van der Waals surface area contributed by atoms with E-state index in [2.05, 4.69) is 27.3 Å². The zero-order valence-electron chi connectivity index (χ0n) is 15.2. The molecule has 1 atom stereocenters. The fourth-order valence-corrected chi connectivity index (χ4v) is 3.56. The van der Waals surface area contributed by atoms with Crippen LogP contribution in [0, 0.1) is 0 Å². The molecule has 1 N–H and O–H groups in total. The fraction of sp³-hybridized carbons (Fsp3) is 0.444. The number of carbonyl (C=O) groups is 1. The predicted molar refractivity (Wildman–Crippen MR) is 98.2 cm³/mol. The van der Waals surface area contributed by atoms with Gasteiger partial charge in [0.25, 0.3) is 5.56 Å². The molecule has 3 aromatic heterocycles. The average molecular weight is 370 g/mol. The van der Waals surface area contributed by atoms with Gasteiger partial charge in [-0.1, -0.05) is 6.92 Å². The number of nitrogens with one attached hydrogen (secondary N) is 1. The van der Waals surface area contributed by atoms with Crippen LogP contribution in [0.4, 0.5) is 0 Å². The van der Waals surface area contributed by atoms with Gasteiger partial charge < -0.3 is 9.73 Å². The van der Waals surface area contributed by atoms with Crippen molar-refractivity contribution in [2.45, 2.75) is 32.4 Å². The van der Waals surface area contributed by atoms with Crippen LogP contribution in [0.2, 0.25) is 0 Å². The van der Waals surface area contributed by atoms with Crippen LogP contribution >= 0.6 is 0 Å². The van der Waals surface area contributed by atoms with Crippen LogP contribution in [0.5, 0.6) is 0 Å². The summed E-state index contributed by atoms with van der Waals surface area (Å²) in [4.78, 5) is 27.3. The third kappa shape index (κ3) is 3.50. The molecular formula is C18H22N6O3. The highest BCUT2D eigenvalue weighted by Crippen LogP contribution is 2.18. The van der Waals surface area contributed by atoms with E-state index in [1.165, 1.54) is 10.8 Å². The normalized spacial score (nSPS) is 17.6. The van der Waals surface area contributed by atoms with E-state index in [0.717, 1.165) is 30.6 Å². The molecule has 1 unspecified atom stereocenters. The Morgan fingerprint density at radius 2 is 2.33 bits per heavy atom. The highest BCUT2D eigenvalue weighted by Gasteiger charge is 2.23. The fourth-order valence-electron chi connectivity index (χ4n) is 3.56. The SMILES string of the molecule is CCN1CCCC1CNC(=O)Cn1ncn2nc(-c3ccco3)cc2c1=O. The van der Waals surface area contributed by atoms with Crippen molar-refractivity contribution in [1.29, 1.82) is 0 Å². The number of rotatable bonds is 6. The summed E-state index contributed by atoms with van der Waals surface area (Å²) in [6.07, 6.45) is 5.21. The molecule has 4 heterocycles. The summed E-state index contributed by atoms with van der Waals surface area (Å²) in [6, 6.07) is 5.53. The number of carbonyl (C=O) groups excluding carboxylic acids is 1. The zero-order valence-corrected chi connectivity index (χ0v) is 15.2. The van der Waals surface area contributed by atoms with E-state index in [1.807, 2.05) is 0 Å². The van der Waals surface area contributed by atoms with E-state index in [-0.39, 0.29) is 18.0 Å². The number of likely N-dealkylation sites (N-methyl/N-ethyl adjacent to an activating group) is 1. The highest BCUT2D eigenvalue weighted by molar-refractivity contribution is 5.75. The lowest BCUT2D eigenvalue weighted by Crippen LogP contribution is -2.42. The maximum absolute atomic E-state index is 12.6. The molecule has 1 fully saturated rings. The van der Waals surface area contributed by atoms with Gasteiger partial charge >= 0.3 is 0 Å². The molecule has 9 heteroatoms. The van der Waals surface area contributed by atoms with Crippen LogP contribution < -0.4 is 10.9 Å². The molecule has 0 spiro atoms. The molecule has 1 aliphatic rings. The summed E-state index contributed by atoms with van der Waals surface area (Å²) in [6.45, 7) is 4.67. The van der Waals surface area contributed by atoms with Gasteiger partial charge in [-0.3, -0.25) is 14.5 Å². The van der Waals surface area contributed by atoms with E-state index in [9.17, 15) is 9.59 Å². The Bertz CT molecular complexity index is 990. The van der Waals surface area contributed by atoms with Crippen LogP contribution in [-0.4, -0.2) is 55.9 Å². The van der Waals surface area contributed by atoms with Crippen molar-refractivity contribution in [2.24, 2.45) is 0 Å². The standard InChI is InChI=1S/C18H22N6O3/c1-2-22-7-3-5-13(22)10-19-17(25)11-23-18(26)15-9-14(16-6-4-8-27-16)21-24(15)12-20-23/h4,6,8-9,12-13H,2-3,5,7,10-11H2,1H3,(H,19,25). The lowest BCUT2D eigenvalue weighted by molar-refractivity contribution is -0.122. The van der Waals surface area contributed by atoms with Gasteiger partial charge in [0.15, 0.2) is 5.76 Å². The number of furan rings is 1. The lowest BCUT2D eigenvalue weighted by atomic mass is 10.2. The number of aromatic nitrogens is 4. The van der Waals surface area contributed by atoms with E-state index >= 15 is 0 Å². The first-order valence-corrected chi connectivity index (χ1v) is 9.16. The minimum absolute atomic E-state index is 0.116. The number of nitrogens with zero attached hydrogens (tertiary/aromatic N) is 5. The van der Waals surface area contributed by atoms with Crippen molar-refractivity contribution < 1.29 is 9.21 Å². The Morgan fingerprint density at radius 1 is 1.44 bits per heavy atom. The summed E-state index contributed by atoms with van der Waals surface area (Å²) in [5, 5.41) is 11.3. The topological polar surface area (TPSA) is 97.7 Å². The van der Waals surface area contributed by atoms with Gasteiger partial charge in [-0.25, -0.2) is 9.20 Å². The molecule has 1 amide bonds. The molecule has 3 aromatic rings. The Balaban J connectivity index is 1.46. The molecule has 9 nitrogen and oxygen atoms in total. The van der Waals surface area contributed by atoms with Gasteiger partial charge in [0.2, 0.25) is 5.91 Å². The Hall–Kier alpha value is -2.94. The van der Waals surface area contributed by atoms with Crippen molar-refractivity contribution in [1.82, 2.24) is 29.6 Å². The van der Waals surface area contributed by atoms with E-state index < -0.39 is 0 Å².